The first-order valence-corrected chi connectivity index (χ1v) is 10.4. The number of halogens is 2. The molecule has 1 aromatic carbocycles. The summed E-state index contributed by atoms with van der Waals surface area (Å²) in [5, 5.41) is 19.4. The van der Waals surface area contributed by atoms with Crippen LogP contribution < -0.4 is 4.74 Å². The summed E-state index contributed by atoms with van der Waals surface area (Å²) in [6.07, 6.45) is 1.11. The molecule has 34 heavy (non-hydrogen) atoms. The van der Waals surface area contributed by atoms with Crippen molar-refractivity contribution in [1.29, 1.82) is 0 Å². The van der Waals surface area contributed by atoms with Gasteiger partial charge in [-0.1, -0.05) is 13.0 Å². The quantitative estimate of drug-likeness (QED) is 0.456. The monoisotopic (exact) mass is 475 g/mol. The van der Waals surface area contributed by atoms with E-state index in [0.717, 1.165) is 17.0 Å². The number of hydrogen-bond acceptors (Lipinski definition) is 5. The predicted molar refractivity (Wildman–Crippen MR) is 116 cm³/mol. The molecule has 11 heteroatoms. The van der Waals surface area contributed by atoms with Gasteiger partial charge >= 0.3 is 11.9 Å². The van der Waals surface area contributed by atoms with Crippen LogP contribution >= 0.6 is 0 Å². The van der Waals surface area contributed by atoms with Crippen LogP contribution in [0.1, 0.15) is 42.0 Å². The molecule has 0 radical (unpaired) electrons. The summed E-state index contributed by atoms with van der Waals surface area (Å²) in [5.41, 5.74) is -2.48. The Hall–Kier alpha value is -4.02. The van der Waals surface area contributed by atoms with Crippen LogP contribution in [0.15, 0.2) is 36.5 Å². The van der Waals surface area contributed by atoms with Crippen molar-refractivity contribution >= 4 is 23.5 Å². The van der Waals surface area contributed by atoms with E-state index in [0.29, 0.717) is 0 Å². The maximum absolute atomic E-state index is 14.0. The summed E-state index contributed by atoms with van der Waals surface area (Å²) in [7, 11) is 0. The van der Waals surface area contributed by atoms with Crippen LogP contribution in [0.3, 0.4) is 0 Å². The highest BCUT2D eigenvalue weighted by Gasteiger charge is 2.52. The second-order valence-corrected chi connectivity index (χ2v) is 7.47. The van der Waals surface area contributed by atoms with Gasteiger partial charge in [0.15, 0.2) is 11.4 Å². The third-order valence-corrected chi connectivity index (χ3v) is 5.67. The molecule has 3 aromatic rings. The lowest BCUT2D eigenvalue weighted by atomic mass is 9.93. The van der Waals surface area contributed by atoms with Crippen LogP contribution in [-0.4, -0.2) is 54.4 Å². The highest BCUT2D eigenvalue weighted by Crippen LogP contribution is 2.28. The number of aryl methyl sites for hydroxylation is 1. The van der Waals surface area contributed by atoms with Crippen molar-refractivity contribution in [2.24, 2.45) is 0 Å². The number of aromatic nitrogens is 2. The van der Waals surface area contributed by atoms with Crippen molar-refractivity contribution in [3.05, 3.63) is 65.1 Å². The number of aliphatic carboxylic acids is 2. The van der Waals surface area contributed by atoms with Crippen LogP contribution in [0.2, 0.25) is 0 Å². The molecule has 0 unspecified atom stereocenters. The maximum atomic E-state index is 14.0. The summed E-state index contributed by atoms with van der Waals surface area (Å²) >= 11 is 0. The molecule has 3 rings (SSSR count). The van der Waals surface area contributed by atoms with Gasteiger partial charge < -0.3 is 19.8 Å². The number of carbonyl (C=O) groups excluding carboxylic acids is 1. The maximum Gasteiger partial charge on any atom is 0.341 e. The Morgan fingerprint density at radius 1 is 1.09 bits per heavy atom. The first-order chi connectivity index (χ1) is 16.1. The average molecular weight is 475 g/mol. The van der Waals surface area contributed by atoms with Gasteiger partial charge in [0.1, 0.15) is 23.9 Å². The van der Waals surface area contributed by atoms with Gasteiger partial charge in [-0.05, 0) is 44.5 Å². The zero-order chi connectivity index (χ0) is 25.2. The lowest BCUT2D eigenvalue weighted by Crippen LogP contribution is -2.62. The van der Waals surface area contributed by atoms with E-state index in [9.17, 15) is 33.4 Å². The minimum absolute atomic E-state index is 0.0558. The Bertz CT molecular complexity index is 1240. The molecule has 0 fully saturated rings. The molecule has 0 bridgehead atoms. The zero-order valence-electron chi connectivity index (χ0n) is 18.7. The molecule has 9 nitrogen and oxygen atoms in total. The van der Waals surface area contributed by atoms with Crippen molar-refractivity contribution in [1.82, 2.24) is 14.3 Å². The highest BCUT2D eigenvalue weighted by molar-refractivity contribution is 6.09. The van der Waals surface area contributed by atoms with Crippen LogP contribution in [0.4, 0.5) is 8.78 Å². The molecule has 0 aliphatic rings. The molecule has 2 heterocycles. The largest absolute Gasteiger partial charge is 0.485 e. The average Bonchev–Trinajstić information content (AvgIpc) is 3.12. The summed E-state index contributed by atoms with van der Waals surface area (Å²) in [4.78, 5) is 42.5. The zero-order valence-corrected chi connectivity index (χ0v) is 18.7. The van der Waals surface area contributed by atoms with E-state index in [4.69, 9.17) is 4.74 Å². The summed E-state index contributed by atoms with van der Waals surface area (Å²) in [6.45, 7) is 3.72. The number of imidazole rings is 1. The molecule has 1 amide bonds. The minimum atomic E-state index is -2.47. The van der Waals surface area contributed by atoms with Crippen LogP contribution in [0.25, 0.3) is 5.65 Å². The fourth-order valence-electron chi connectivity index (χ4n) is 3.88. The number of carboxylic acids is 2. The van der Waals surface area contributed by atoms with Gasteiger partial charge in [0, 0.05) is 12.7 Å². The van der Waals surface area contributed by atoms with E-state index in [1.807, 2.05) is 0 Å². The topological polar surface area (TPSA) is 121 Å². The van der Waals surface area contributed by atoms with Crippen molar-refractivity contribution in [2.45, 2.75) is 39.3 Å². The number of pyridine rings is 1. The SMILES string of the molecule is CCN(C(=O)c1c(C)nc2c(OCc3c(F)cccc3F)cccn12)C(CC)(C(=O)O)C(=O)O. The van der Waals surface area contributed by atoms with Gasteiger partial charge in [-0.3, -0.25) is 9.20 Å². The van der Waals surface area contributed by atoms with E-state index in [1.165, 1.54) is 49.6 Å². The van der Waals surface area contributed by atoms with E-state index in [1.54, 1.807) is 0 Å². The number of carboxylic acid groups (broad SMARTS) is 2. The summed E-state index contributed by atoms with van der Waals surface area (Å²) in [5.74, 6) is -5.62. The Morgan fingerprint density at radius 2 is 1.71 bits per heavy atom. The smallest absolute Gasteiger partial charge is 0.341 e. The number of ether oxygens (including phenoxy) is 1. The molecule has 0 aliphatic heterocycles. The molecular formula is C23H23F2N3O6. The molecule has 2 aromatic heterocycles. The Labute approximate surface area is 193 Å². The number of benzene rings is 1. The fourth-order valence-corrected chi connectivity index (χ4v) is 3.88. The lowest BCUT2D eigenvalue weighted by molar-refractivity contribution is -0.166. The minimum Gasteiger partial charge on any atom is -0.485 e. The molecule has 0 atom stereocenters. The van der Waals surface area contributed by atoms with Gasteiger partial charge in [-0.15, -0.1) is 0 Å². The van der Waals surface area contributed by atoms with Crippen molar-refractivity contribution in [3.8, 4) is 5.75 Å². The normalized spacial score (nSPS) is 11.4. The molecule has 2 N–H and O–H groups in total. The number of hydrogen-bond donors (Lipinski definition) is 2. The number of fused-ring (bicyclic) bond motifs is 1. The summed E-state index contributed by atoms with van der Waals surface area (Å²) in [6, 6.07) is 6.44. The van der Waals surface area contributed by atoms with Gasteiger partial charge in [-0.25, -0.2) is 23.4 Å². The highest BCUT2D eigenvalue weighted by atomic mass is 19.1. The van der Waals surface area contributed by atoms with Crippen molar-refractivity contribution in [2.75, 3.05) is 6.54 Å². The Kier molecular flexibility index (Phi) is 6.85. The van der Waals surface area contributed by atoms with E-state index >= 15 is 0 Å². The van der Waals surface area contributed by atoms with Crippen molar-refractivity contribution in [3.63, 3.8) is 0 Å². The molecule has 0 aliphatic carbocycles. The molecule has 0 spiro atoms. The van der Waals surface area contributed by atoms with Gasteiger partial charge in [-0.2, -0.15) is 0 Å². The standard InChI is InChI=1S/C23H23F2N3O6/c1-4-23(21(30)31,22(32)33)28(5-2)20(29)18-13(3)26-19-17(10-7-11-27(18)19)34-12-14-15(24)8-6-9-16(14)25/h6-11H,4-5,12H2,1-3H3,(H,30,31)(H,32,33). The number of amides is 1. The van der Waals surface area contributed by atoms with Gasteiger partial charge in [0.25, 0.3) is 5.91 Å². The van der Waals surface area contributed by atoms with Gasteiger partial charge in [0.05, 0.1) is 11.3 Å². The Balaban J connectivity index is 2.06. The second-order valence-electron chi connectivity index (χ2n) is 7.47. The van der Waals surface area contributed by atoms with Crippen LogP contribution in [0, 0.1) is 18.6 Å². The molecule has 0 saturated heterocycles. The fraction of sp³-hybridized carbons (Fsp3) is 0.304. The van der Waals surface area contributed by atoms with E-state index < -0.39 is 41.6 Å². The Morgan fingerprint density at radius 3 is 2.24 bits per heavy atom. The first kappa shape index (κ1) is 24.6. The first-order valence-electron chi connectivity index (χ1n) is 10.4. The number of likely N-dealkylation sites (N-methyl/N-ethyl adjacent to an activating group) is 1. The van der Waals surface area contributed by atoms with Crippen LogP contribution in [0.5, 0.6) is 5.75 Å². The number of nitrogens with zero attached hydrogens (tertiary/aromatic N) is 3. The molecular weight excluding hydrogens is 452 g/mol. The second kappa shape index (κ2) is 9.46. The lowest BCUT2D eigenvalue weighted by Gasteiger charge is -2.35. The third kappa shape index (κ3) is 3.93. The third-order valence-electron chi connectivity index (χ3n) is 5.67. The summed E-state index contributed by atoms with van der Waals surface area (Å²) < 4.78 is 34.8. The van der Waals surface area contributed by atoms with Crippen molar-refractivity contribution < 1.29 is 38.1 Å². The number of rotatable bonds is 9. The van der Waals surface area contributed by atoms with Gasteiger partial charge in [0.2, 0.25) is 5.54 Å². The molecule has 180 valence electrons. The van der Waals surface area contributed by atoms with E-state index in [2.05, 4.69) is 4.98 Å². The molecule has 0 saturated carbocycles. The van der Waals surface area contributed by atoms with Crippen LogP contribution in [-0.2, 0) is 16.2 Å². The predicted octanol–water partition coefficient (Wildman–Crippen LogP) is 3.28. The van der Waals surface area contributed by atoms with E-state index in [-0.39, 0.29) is 41.3 Å². The number of carbonyl (C=O) groups is 3.